The summed E-state index contributed by atoms with van der Waals surface area (Å²) in [6, 6.07) is 11.3. The molecular formula is C17H19N3O4S. The van der Waals surface area contributed by atoms with Crippen LogP contribution in [0.4, 0.5) is 0 Å². The van der Waals surface area contributed by atoms with E-state index in [1.54, 1.807) is 25.8 Å². The Balaban J connectivity index is 1.54. The zero-order chi connectivity index (χ0) is 17.5. The van der Waals surface area contributed by atoms with Crippen LogP contribution in [0.3, 0.4) is 0 Å². The second-order valence-corrected chi connectivity index (χ2v) is 6.20. The summed E-state index contributed by atoms with van der Waals surface area (Å²) in [5, 5.41) is 18.8. The first-order valence-corrected chi connectivity index (χ1v) is 8.71. The Labute approximate surface area is 149 Å². The molecule has 0 bridgehead atoms. The lowest BCUT2D eigenvalue weighted by molar-refractivity contribution is 0.0328. The van der Waals surface area contributed by atoms with Crippen molar-refractivity contribution >= 4 is 11.8 Å². The first-order chi connectivity index (χ1) is 12.3. The van der Waals surface area contributed by atoms with E-state index >= 15 is 0 Å². The smallest absolute Gasteiger partial charge is 0.195 e. The number of benzene rings is 1. The maximum atomic E-state index is 10.1. The minimum atomic E-state index is -0.622. The van der Waals surface area contributed by atoms with Gasteiger partial charge in [-0.15, -0.1) is 10.2 Å². The van der Waals surface area contributed by atoms with E-state index in [9.17, 15) is 5.11 Å². The molecular weight excluding hydrogens is 342 g/mol. The number of para-hydroxylation sites is 2. The Hall–Kier alpha value is -2.29. The van der Waals surface area contributed by atoms with E-state index in [-0.39, 0.29) is 6.61 Å². The SMILES string of the molecule is COc1ccccc1-n1cnnc1SC[C@H](O)COCc1ccco1. The standard InChI is InChI=1S/C17H19N3O4S/c1-22-16-7-3-2-6-15(16)20-12-18-19-17(20)25-11-13(21)9-23-10-14-5-4-8-24-14/h2-8,12-13,21H,9-11H2,1H3/t13-/m1/s1. The summed E-state index contributed by atoms with van der Waals surface area (Å²) >= 11 is 1.40. The van der Waals surface area contributed by atoms with Gasteiger partial charge in [0.2, 0.25) is 0 Å². The summed E-state index contributed by atoms with van der Waals surface area (Å²) in [5.41, 5.74) is 0.848. The van der Waals surface area contributed by atoms with Crippen LogP contribution in [-0.4, -0.2) is 45.4 Å². The number of ether oxygens (including phenoxy) is 2. The molecule has 0 amide bonds. The van der Waals surface area contributed by atoms with Gasteiger partial charge < -0.3 is 19.0 Å². The molecule has 0 unspecified atom stereocenters. The third-order valence-corrected chi connectivity index (χ3v) is 4.49. The fourth-order valence-electron chi connectivity index (χ4n) is 2.23. The predicted molar refractivity (Wildman–Crippen MR) is 93.0 cm³/mol. The van der Waals surface area contributed by atoms with Crippen molar-refractivity contribution < 1.29 is 19.0 Å². The highest BCUT2D eigenvalue weighted by atomic mass is 32.2. The van der Waals surface area contributed by atoms with Crippen LogP contribution < -0.4 is 4.74 Å². The highest BCUT2D eigenvalue weighted by Gasteiger charge is 2.13. The topological polar surface area (TPSA) is 82.5 Å². The van der Waals surface area contributed by atoms with Crippen molar-refractivity contribution in [2.24, 2.45) is 0 Å². The Morgan fingerprint density at radius 3 is 2.96 bits per heavy atom. The Morgan fingerprint density at radius 1 is 1.28 bits per heavy atom. The third kappa shape index (κ3) is 4.62. The molecule has 132 valence electrons. The van der Waals surface area contributed by atoms with Crippen LogP contribution in [0.25, 0.3) is 5.69 Å². The minimum absolute atomic E-state index is 0.219. The predicted octanol–water partition coefficient (Wildman–Crippen LogP) is 2.54. The van der Waals surface area contributed by atoms with Crippen LogP contribution >= 0.6 is 11.8 Å². The molecule has 3 rings (SSSR count). The lowest BCUT2D eigenvalue weighted by atomic mass is 10.3. The number of hydrogen-bond acceptors (Lipinski definition) is 7. The number of hydrogen-bond donors (Lipinski definition) is 1. The molecule has 0 fully saturated rings. The third-order valence-electron chi connectivity index (χ3n) is 3.40. The molecule has 0 saturated heterocycles. The molecule has 1 aromatic carbocycles. The molecule has 0 spiro atoms. The number of aliphatic hydroxyl groups excluding tert-OH is 1. The van der Waals surface area contributed by atoms with E-state index < -0.39 is 6.10 Å². The van der Waals surface area contributed by atoms with Gasteiger partial charge in [-0.1, -0.05) is 23.9 Å². The molecule has 1 atom stereocenters. The van der Waals surface area contributed by atoms with Gasteiger partial charge in [-0.2, -0.15) is 0 Å². The molecule has 0 aliphatic heterocycles. The lowest BCUT2D eigenvalue weighted by Gasteiger charge is -2.12. The summed E-state index contributed by atoms with van der Waals surface area (Å²) < 4.78 is 17.8. The molecule has 2 heterocycles. The van der Waals surface area contributed by atoms with E-state index in [4.69, 9.17) is 13.9 Å². The number of aromatic nitrogens is 3. The van der Waals surface area contributed by atoms with E-state index in [0.717, 1.165) is 17.2 Å². The highest BCUT2D eigenvalue weighted by Crippen LogP contribution is 2.26. The van der Waals surface area contributed by atoms with Gasteiger partial charge in [0, 0.05) is 5.75 Å². The molecule has 2 aromatic heterocycles. The number of thioether (sulfide) groups is 1. The largest absolute Gasteiger partial charge is 0.495 e. The summed E-state index contributed by atoms with van der Waals surface area (Å²) in [7, 11) is 1.62. The van der Waals surface area contributed by atoms with Gasteiger partial charge in [0.05, 0.1) is 31.8 Å². The zero-order valence-corrected chi connectivity index (χ0v) is 14.6. The molecule has 8 heteroatoms. The van der Waals surface area contributed by atoms with Crippen LogP contribution in [-0.2, 0) is 11.3 Å². The maximum Gasteiger partial charge on any atom is 0.195 e. The molecule has 0 aliphatic carbocycles. The lowest BCUT2D eigenvalue weighted by Crippen LogP contribution is -2.18. The second kappa shape index (κ2) is 8.70. The first-order valence-electron chi connectivity index (χ1n) is 7.72. The zero-order valence-electron chi connectivity index (χ0n) is 13.7. The second-order valence-electron chi connectivity index (χ2n) is 5.21. The molecule has 0 saturated carbocycles. The fourth-order valence-corrected chi connectivity index (χ4v) is 3.05. The number of rotatable bonds is 9. The summed E-state index contributed by atoms with van der Waals surface area (Å²) in [6.45, 7) is 0.558. The van der Waals surface area contributed by atoms with Crippen molar-refractivity contribution in [1.29, 1.82) is 0 Å². The van der Waals surface area contributed by atoms with Gasteiger partial charge in [0.25, 0.3) is 0 Å². The van der Waals surface area contributed by atoms with Crippen molar-refractivity contribution in [2.75, 3.05) is 19.5 Å². The number of methoxy groups -OCH3 is 1. The highest BCUT2D eigenvalue weighted by molar-refractivity contribution is 7.99. The number of aliphatic hydroxyl groups is 1. The van der Waals surface area contributed by atoms with E-state index in [0.29, 0.717) is 17.5 Å². The van der Waals surface area contributed by atoms with Gasteiger partial charge in [0.1, 0.15) is 24.4 Å². The molecule has 7 nitrogen and oxygen atoms in total. The van der Waals surface area contributed by atoms with Crippen molar-refractivity contribution in [1.82, 2.24) is 14.8 Å². The molecule has 0 aliphatic rings. The Bertz CT molecular complexity index is 776. The van der Waals surface area contributed by atoms with Crippen molar-refractivity contribution in [2.45, 2.75) is 17.9 Å². The summed E-state index contributed by atoms with van der Waals surface area (Å²) in [6.07, 6.45) is 2.60. The van der Waals surface area contributed by atoms with Crippen LogP contribution in [0.1, 0.15) is 5.76 Å². The molecule has 25 heavy (non-hydrogen) atoms. The quantitative estimate of drug-likeness (QED) is 0.586. The van der Waals surface area contributed by atoms with Gasteiger partial charge >= 0.3 is 0 Å². The van der Waals surface area contributed by atoms with Gasteiger partial charge in [-0.25, -0.2) is 0 Å². The van der Waals surface area contributed by atoms with Crippen molar-refractivity contribution in [3.05, 3.63) is 54.7 Å². The average molecular weight is 361 g/mol. The molecule has 1 N–H and O–H groups in total. The Morgan fingerprint density at radius 2 is 2.16 bits per heavy atom. The minimum Gasteiger partial charge on any atom is -0.495 e. The summed E-state index contributed by atoms with van der Waals surface area (Å²) in [5.74, 6) is 1.90. The van der Waals surface area contributed by atoms with E-state index in [1.165, 1.54) is 11.8 Å². The van der Waals surface area contributed by atoms with Crippen molar-refractivity contribution in [3.63, 3.8) is 0 Å². The van der Waals surface area contributed by atoms with Crippen LogP contribution in [0, 0.1) is 0 Å². The average Bonchev–Trinajstić information content (AvgIpc) is 3.31. The maximum absolute atomic E-state index is 10.1. The monoisotopic (exact) mass is 361 g/mol. The molecule has 0 radical (unpaired) electrons. The summed E-state index contributed by atoms with van der Waals surface area (Å²) in [4.78, 5) is 0. The van der Waals surface area contributed by atoms with E-state index in [1.807, 2.05) is 34.9 Å². The van der Waals surface area contributed by atoms with Crippen LogP contribution in [0.2, 0.25) is 0 Å². The first kappa shape index (κ1) is 17.5. The van der Waals surface area contributed by atoms with Gasteiger partial charge in [-0.3, -0.25) is 4.57 Å². The normalized spacial score (nSPS) is 12.2. The van der Waals surface area contributed by atoms with Gasteiger partial charge in [0.15, 0.2) is 5.16 Å². The van der Waals surface area contributed by atoms with Crippen LogP contribution in [0.15, 0.2) is 58.6 Å². The number of furan rings is 1. The van der Waals surface area contributed by atoms with Crippen molar-refractivity contribution in [3.8, 4) is 11.4 Å². The Kier molecular flexibility index (Phi) is 6.10. The molecule has 3 aromatic rings. The number of nitrogens with zero attached hydrogens (tertiary/aromatic N) is 3. The van der Waals surface area contributed by atoms with Gasteiger partial charge in [-0.05, 0) is 24.3 Å². The van der Waals surface area contributed by atoms with E-state index in [2.05, 4.69) is 10.2 Å². The van der Waals surface area contributed by atoms with Crippen LogP contribution in [0.5, 0.6) is 5.75 Å². The fraction of sp³-hybridized carbons (Fsp3) is 0.294.